The van der Waals surface area contributed by atoms with Crippen molar-refractivity contribution in [3.63, 3.8) is 0 Å². The molecule has 8 bridgehead atoms. The van der Waals surface area contributed by atoms with Crippen LogP contribution in [0.5, 0.6) is 0 Å². The molecular weight excluding hydrogens is 360 g/mol. The van der Waals surface area contributed by atoms with Crippen molar-refractivity contribution in [1.82, 2.24) is 19.7 Å². The molecule has 5 heterocycles. The minimum absolute atomic E-state index is 0.342. The van der Waals surface area contributed by atoms with Crippen LogP contribution in [0.25, 0.3) is 52.4 Å². The maximum absolute atomic E-state index is 8.70. The molecule has 2 aliphatic heterocycles. The maximum Gasteiger partial charge on any atom is 0.112 e. The number of nitrogens with zero attached hydrogens (tertiary/aromatic N) is 3. The lowest BCUT2D eigenvalue weighted by atomic mass is 10.2. The lowest BCUT2D eigenvalue weighted by Crippen LogP contribution is -2.09. The molecule has 0 fully saturated rings. The molecule has 5 nitrogen and oxygen atoms in total. The first kappa shape index (κ1) is 16.1. The molecule has 0 amide bonds. The normalized spacial score (nSPS) is 12.8. The molecule has 5 rings (SSSR count). The smallest absolute Gasteiger partial charge is 0.112 e. The predicted molar refractivity (Wildman–Crippen MR) is 120 cm³/mol. The summed E-state index contributed by atoms with van der Waals surface area (Å²) in [5.74, 6) is 0. The van der Waals surface area contributed by atoms with E-state index in [4.69, 9.17) is 11.2 Å². The van der Waals surface area contributed by atoms with Crippen LogP contribution < -0.4 is 4.84 Å². The highest BCUT2D eigenvalue weighted by atomic mass is 16.7. The molecule has 0 atom stereocenters. The van der Waals surface area contributed by atoms with Crippen LogP contribution in [-0.2, 0) is 0 Å². The molecule has 3 aromatic heterocycles. The molecule has 2 aliphatic rings. The summed E-state index contributed by atoms with van der Waals surface area (Å²) in [5.41, 5.74) is 7.22. The van der Waals surface area contributed by atoms with Crippen molar-refractivity contribution in [2.45, 2.75) is 6.92 Å². The Morgan fingerprint density at radius 2 is 1.59 bits per heavy atom. The van der Waals surface area contributed by atoms with E-state index < -0.39 is 0 Å². The van der Waals surface area contributed by atoms with Crippen molar-refractivity contribution in [2.24, 2.45) is 0 Å². The van der Waals surface area contributed by atoms with Gasteiger partial charge < -0.3 is 9.82 Å². The molecule has 0 unspecified atom stereocenters. The standard InChI is InChI=1S/C24H20N4O/c1-3-16-11-23-14-21-9-7-19(26-21)12-17-5-6-18(25-17)13-20-8-10-22(27-20)15-24(16)28(23)29-4-2/h3,5-15,25H,1,4H2,2H3/i11D. The first-order valence-corrected chi connectivity index (χ1v) is 9.51. The highest BCUT2D eigenvalue weighted by molar-refractivity contribution is 5.81. The Morgan fingerprint density at radius 3 is 2.17 bits per heavy atom. The van der Waals surface area contributed by atoms with Gasteiger partial charge in [0, 0.05) is 16.6 Å². The van der Waals surface area contributed by atoms with Gasteiger partial charge in [0.25, 0.3) is 0 Å². The van der Waals surface area contributed by atoms with Crippen LogP contribution >= 0.6 is 0 Å². The lowest BCUT2D eigenvalue weighted by molar-refractivity contribution is 0.141. The summed E-state index contributed by atoms with van der Waals surface area (Å²) in [6.45, 7) is 6.29. The maximum atomic E-state index is 8.70. The zero-order valence-corrected chi connectivity index (χ0v) is 16.0. The van der Waals surface area contributed by atoms with Gasteiger partial charge >= 0.3 is 0 Å². The number of aromatic amines is 1. The van der Waals surface area contributed by atoms with E-state index >= 15 is 0 Å². The SMILES string of the molecule is [2H]c1c(C=C)c2cc3nc(cc4ccc(cc5nc(cc1n2OCC)C=C5)[nH]4)C=C3. The Balaban J connectivity index is 1.94. The highest BCUT2D eigenvalue weighted by Gasteiger charge is 2.09. The van der Waals surface area contributed by atoms with E-state index in [0.717, 1.165) is 39.3 Å². The van der Waals surface area contributed by atoms with Gasteiger partial charge in [0.2, 0.25) is 0 Å². The number of fused-ring (bicyclic) bond motifs is 8. The van der Waals surface area contributed by atoms with Crippen molar-refractivity contribution in [3.05, 3.63) is 77.4 Å². The lowest BCUT2D eigenvalue weighted by Gasteiger charge is -2.06. The van der Waals surface area contributed by atoms with E-state index in [1.165, 1.54) is 0 Å². The third kappa shape index (κ3) is 3.27. The van der Waals surface area contributed by atoms with E-state index in [0.29, 0.717) is 23.7 Å². The van der Waals surface area contributed by atoms with Crippen LogP contribution in [0.4, 0.5) is 0 Å². The quantitative estimate of drug-likeness (QED) is 0.466. The molecule has 0 radical (unpaired) electrons. The van der Waals surface area contributed by atoms with E-state index in [1.54, 1.807) is 10.8 Å². The number of rotatable bonds is 3. The average Bonchev–Trinajstić information content (AvgIpc) is 3.49. The second-order valence-electron chi connectivity index (χ2n) is 6.76. The molecule has 0 aromatic carbocycles. The molecule has 0 saturated carbocycles. The van der Waals surface area contributed by atoms with Gasteiger partial charge in [-0.1, -0.05) is 12.7 Å². The fourth-order valence-electron chi connectivity index (χ4n) is 3.45. The monoisotopic (exact) mass is 381 g/mol. The zero-order valence-electron chi connectivity index (χ0n) is 17.0. The Kier molecular flexibility index (Phi) is 3.86. The second-order valence-corrected chi connectivity index (χ2v) is 6.76. The Bertz CT molecular complexity index is 1390. The number of hydrogen-bond acceptors (Lipinski definition) is 3. The number of nitrogens with one attached hydrogen (secondary N) is 1. The molecule has 0 aliphatic carbocycles. The van der Waals surface area contributed by atoms with Gasteiger partial charge in [-0.25, -0.2) is 9.97 Å². The largest absolute Gasteiger partial charge is 0.414 e. The van der Waals surface area contributed by atoms with Gasteiger partial charge in [0.1, 0.15) is 6.61 Å². The van der Waals surface area contributed by atoms with Crippen LogP contribution in [0.3, 0.4) is 0 Å². The Morgan fingerprint density at radius 1 is 1.00 bits per heavy atom. The third-order valence-corrected chi connectivity index (χ3v) is 4.71. The van der Waals surface area contributed by atoms with Crippen molar-refractivity contribution < 1.29 is 6.21 Å². The van der Waals surface area contributed by atoms with Crippen LogP contribution in [-0.4, -0.2) is 26.3 Å². The fourth-order valence-corrected chi connectivity index (χ4v) is 3.45. The van der Waals surface area contributed by atoms with Crippen molar-refractivity contribution in [2.75, 3.05) is 6.61 Å². The molecule has 1 N–H and O–H groups in total. The van der Waals surface area contributed by atoms with Crippen molar-refractivity contribution >= 4 is 52.4 Å². The molecule has 142 valence electrons. The summed E-state index contributed by atoms with van der Waals surface area (Å²) in [7, 11) is 0. The van der Waals surface area contributed by atoms with Crippen molar-refractivity contribution in [1.29, 1.82) is 0 Å². The van der Waals surface area contributed by atoms with Crippen LogP contribution in [0.15, 0.2) is 49.0 Å². The summed E-state index contributed by atoms with van der Waals surface area (Å²) in [6, 6.07) is 12.1. The number of hydrogen-bond donors (Lipinski definition) is 1. The first-order valence-electron chi connectivity index (χ1n) is 10.0. The second kappa shape index (κ2) is 6.95. The van der Waals surface area contributed by atoms with Crippen LogP contribution in [0.2, 0.25) is 0 Å². The van der Waals surface area contributed by atoms with Gasteiger partial charge in [-0.15, -0.1) is 0 Å². The fraction of sp³-hybridized carbons (Fsp3) is 0.0833. The third-order valence-electron chi connectivity index (χ3n) is 4.71. The zero-order chi connectivity index (χ0) is 20.7. The summed E-state index contributed by atoms with van der Waals surface area (Å²) in [5, 5.41) is 0. The topological polar surface area (TPSA) is 55.7 Å². The average molecular weight is 381 g/mol. The van der Waals surface area contributed by atoms with E-state index in [1.807, 2.05) is 67.6 Å². The highest BCUT2D eigenvalue weighted by Crippen LogP contribution is 2.22. The minimum Gasteiger partial charge on any atom is -0.414 e. The van der Waals surface area contributed by atoms with Gasteiger partial charge in [-0.3, -0.25) is 0 Å². The Labute approximate surface area is 169 Å². The van der Waals surface area contributed by atoms with Gasteiger partial charge in [0.15, 0.2) is 0 Å². The molecule has 29 heavy (non-hydrogen) atoms. The van der Waals surface area contributed by atoms with E-state index in [2.05, 4.69) is 16.5 Å². The van der Waals surface area contributed by atoms with Crippen molar-refractivity contribution in [3.8, 4) is 0 Å². The van der Waals surface area contributed by atoms with E-state index in [9.17, 15) is 0 Å². The molecule has 5 heteroatoms. The first-order chi connectivity index (χ1) is 14.6. The minimum atomic E-state index is 0.342. The molecule has 3 aromatic rings. The predicted octanol–water partition coefficient (Wildman–Crippen LogP) is 5.22. The summed E-state index contributed by atoms with van der Waals surface area (Å²) in [4.78, 5) is 18.6. The number of aromatic nitrogens is 4. The van der Waals surface area contributed by atoms with Gasteiger partial charge in [-0.2, -0.15) is 4.73 Å². The van der Waals surface area contributed by atoms with Gasteiger partial charge in [-0.05, 0) is 73.7 Å². The number of H-pyrrole nitrogens is 1. The summed E-state index contributed by atoms with van der Waals surface area (Å²) < 4.78 is 10.4. The van der Waals surface area contributed by atoms with E-state index in [-0.39, 0.29) is 0 Å². The Hall–Kier alpha value is -3.86. The van der Waals surface area contributed by atoms with Gasteiger partial charge in [0.05, 0.1) is 35.2 Å². The molecule has 0 saturated heterocycles. The summed E-state index contributed by atoms with van der Waals surface area (Å²) in [6.07, 6.45) is 9.49. The summed E-state index contributed by atoms with van der Waals surface area (Å²) >= 11 is 0. The molecular formula is C24H20N4O. The van der Waals surface area contributed by atoms with Crippen LogP contribution in [0, 0.1) is 0 Å². The molecule has 0 spiro atoms. The van der Waals surface area contributed by atoms with Crippen LogP contribution in [0.1, 0.15) is 36.6 Å².